The van der Waals surface area contributed by atoms with Crippen molar-refractivity contribution in [3.8, 4) is 0 Å². The topological polar surface area (TPSA) is 46.2 Å². The molecule has 0 aliphatic rings. The van der Waals surface area contributed by atoms with E-state index in [-0.39, 0.29) is 5.75 Å². The number of hydrogen-bond acceptors (Lipinski definition) is 2. The molecule has 3 rings (SSSR count). The maximum Gasteiger partial charge on any atom is 0.216 e. The van der Waals surface area contributed by atoms with E-state index in [1.807, 2.05) is 61.5 Å². The van der Waals surface area contributed by atoms with Gasteiger partial charge in [0.1, 0.15) is 0 Å². The summed E-state index contributed by atoms with van der Waals surface area (Å²) >= 11 is 5.88. The Morgan fingerprint density at radius 2 is 1.50 bits per heavy atom. The summed E-state index contributed by atoms with van der Waals surface area (Å²) in [4.78, 5) is 0. The van der Waals surface area contributed by atoms with E-state index in [1.165, 1.54) is 0 Å². The van der Waals surface area contributed by atoms with Gasteiger partial charge in [-0.1, -0.05) is 78.3 Å². The minimum Gasteiger partial charge on any atom is -0.212 e. The molecule has 3 nitrogen and oxygen atoms in total. The predicted octanol–water partition coefficient (Wildman–Crippen LogP) is 4.86. The van der Waals surface area contributed by atoms with Crippen LogP contribution in [0.15, 0.2) is 78.9 Å². The van der Waals surface area contributed by atoms with Gasteiger partial charge in [0, 0.05) is 5.02 Å². The zero-order valence-corrected chi connectivity index (χ0v) is 16.0. The van der Waals surface area contributed by atoms with Crippen molar-refractivity contribution in [3.63, 3.8) is 0 Å². The van der Waals surface area contributed by atoms with E-state index < -0.39 is 16.1 Å². The molecule has 0 spiro atoms. The lowest BCUT2D eigenvalue weighted by atomic mass is 9.96. The molecule has 134 valence electrons. The molecule has 0 radical (unpaired) electrons. The van der Waals surface area contributed by atoms with Gasteiger partial charge in [-0.15, -0.1) is 0 Å². The highest BCUT2D eigenvalue weighted by atomic mass is 35.5. The zero-order valence-electron chi connectivity index (χ0n) is 14.4. The van der Waals surface area contributed by atoms with Crippen LogP contribution < -0.4 is 4.72 Å². The number of benzene rings is 3. The lowest BCUT2D eigenvalue weighted by Gasteiger charge is -2.21. The molecule has 0 amide bonds. The van der Waals surface area contributed by atoms with Crippen molar-refractivity contribution < 1.29 is 8.42 Å². The maximum atomic E-state index is 12.8. The molecule has 0 aromatic heterocycles. The first-order chi connectivity index (χ1) is 12.4. The van der Waals surface area contributed by atoms with Crippen LogP contribution >= 0.6 is 11.6 Å². The number of sulfonamides is 1. The molecule has 26 heavy (non-hydrogen) atoms. The highest BCUT2D eigenvalue weighted by molar-refractivity contribution is 7.88. The third-order valence-electron chi connectivity index (χ3n) is 4.20. The number of halogens is 1. The number of aryl methyl sites for hydroxylation is 1. The van der Waals surface area contributed by atoms with E-state index in [0.717, 1.165) is 16.7 Å². The first-order valence-corrected chi connectivity index (χ1v) is 10.3. The van der Waals surface area contributed by atoms with Gasteiger partial charge in [0.05, 0.1) is 11.8 Å². The zero-order chi connectivity index (χ0) is 18.6. The maximum absolute atomic E-state index is 12.8. The monoisotopic (exact) mass is 385 g/mol. The minimum absolute atomic E-state index is 0.0978. The molecule has 0 bridgehead atoms. The normalized spacial score (nSPS) is 12.7. The van der Waals surface area contributed by atoms with Crippen LogP contribution in [0.2, 0.25) is 5.02 Å². The largest absolute Gasteiger partial charge is 0.216 e. The van der Waals surface area contributed by atoms with Crippen LogP contribution in [-0.4, -0.2) is 8.42 Å². The van der Waals surface area contributed by atoms with Crippen molar-refractivity contribution >= 4 is 21.6 Å². The van der Waals surface area contributed by atoms with Gasteiger partial charge in [0.15, 0.2) is 0 Å². The summed E-state index contributed by atoms with van der Waals surface area (Å²) in [6.45, 7) is 1.98. The Bertz CT molecular complexity index is 970. The quantitative estimate of drug-likeness (QED) is 0.658. The van der Waals surface area contributed by atoms with Crippen LogP contribution in [-0.2, 0) is 15.8 Å². The average Bonchev–Trinajstić information content (AvgIpc) is 2.63. The van der Waals surface area contributed by atoms with Crippen molar-refractivity contribution in [2.75, 3.05) is 0 Å². The number of hydrogen-bond donors (Lipinski definition) is 1. The van der Waals surface area contributed by atoms with Crippen LogP contribution in [0.4, 0.5) is 0 Å². The van der Waals surface area contributed by atoms with E-state index in [0.29, 0.717) is 10.6 Å². The predicted molar refractivity (Wildman–Crippen MR) is 107 cm³/mol. The average molecular weight is 386 g/mol. The van der Waals surface area contributed by atoms with Crippen LogP contribution in [0, 0.1) is 6.92 Å². The molecule has 1 atom stereocenters. The van der Waals surface area contributed by atoms with Crippen LogP contribution in [0.3, 0.4) is 0 Å². The highest BCUT2D eigenvalue weighted by Crippen LogP contribution is 2.26. The minimum atomic E-state index is -3.55. The van der Waals surface area contributed by atoms with Gasteiger partial charge in [-0.2, -0.15) is 0 Å². The second-order valence-corrected chi connectivity index (χ2v) is 8.39. The van der Waals surface area contributed by atoms with Gasteiger partial charge >= 0.3 is 0 Å². The van der Waals surface area contributed by atoms with Crippen molar-refractivity contribution in [2.24, 2.45) is 0 Å². The molecule has 1 N–H and O–H groups in total. The molecule has 3 aromatic carbocycles. The summed E-state index contributed by atoms with van der Waals surface area (Å²) < 4.78 is 28.5. The summed E-state index contributed by atoms with van der Waals surface area (Å²) in [5, 5.41) is 0.584. The van der Waals surface area contributed by atoms with Gasteiger partial charge in [-0.25, -0.2) is 13.1 Å². The van der Waals surface area contributed by atoms with Gasteiger partial charge in [0.2, 0.25) is 10.0 Å². The van der Waals surface area contributed by atoms with E-state index in [1.54, 1.807) is 24.3 Å². The standard InChI is InChI=1S/C21H20ClNO2S/c1-16-7-5-6-10-20(16)21(18-8-3-2-4-9-18)23-26(24,25)15-17-11-13-19(22)14-12-17/h2-14,21,23H,15H2,1H3/t21-/m0/s1. The second kappa shape index (κ2) is 8.04. The molecule has 0 aliphatic carbocycles. The fourth-order valence-corrected chi connectivity index (χ4v) is 4.35. The van der Waals surface area contributed by atoms with Gasteiger partial charge in [-0.05, 0) is 41.3 Å². The SMILES string of the molecule is Cc1ccccc1[C@@H](NS(=O)(=O)Cc1ccc(Cl)cc1)c1ccccc1. The number of nitrogens with one attached hydrogen (secondary N) is 1. The second-order valence-electron chi connectivity index (χ2n) is 6.20. The Morgan fingerprint density at radius 1 is 0.885 bits per heavy atom. The third kappa shape index (κ3) is 4.73. The molecule has 0 aliphatic heterocycles. The molecule has 0 fully saturated rings. The van der Waals surface area contributed by atoms with Crippen molar-refractivity contribution in [1.82, 2.24) is 4.72 Å². The summed E-state index contributed by atoms with van der Waals surface area (Å²) in [7, 11) is -3.55. The van der Waals surface area contributed by atoms with Crippen LogP contribution in [0.5, 0.6) is 0 Å². The summed E-state index contributed by atoms with van der Waals surface area (Å²) in [5.74, 6) is -0.0978. The first kappa shape index (κ1) is 18.6. The molecule has 3 aromatic rings. The Kier molecular flexibility index (Phi) is 5.77. The van der Waals surface area contributed by atoms with E-state index in [4.69, 9.17) is 11.6 Å². The van der Waals surface area contributed by atoms with Crippen LogP contribution in [0.1, 0.15) is 28.3 Å². The van der Waals surface area contributed by atoms with E-state index in [2.05, 4.69) is 4.72 Å². The Balaban J connectivity index is 1.92. The summed E-state index contributed by atoms with van der Waals surface area (Å²) in [6.07, 6.45) is 0. The molecule has 0 saturated carbocycles. The van der Waals surface area contributed by atoms with Gasteiger partial charge < -0.3 is 0 Å². The van der Waals surface area contributed by atoms with Crippen molar-refractivity contribution in [3.05, 3.63) is 106 Å². The third-order valence-corrected chi connectivity index (χ3v) is 5.76. The first-order valence-electron chi connectivity index (χ1n) is 8.29. The molecular formula is C21H20ClNO2S. The smallest absolute Gasteiger partial charge is 0.212 e. The fourth-order valence-electron chi connectivity index (χ4n) is 2.89. The summed E-state index contributed by atoms with van der Waals surface area (Å²) in [6, 6.07) is 23.8. The highest BCUT2D eigenvalue weighted by Gasteiger charge is 2.22. The lowest BCUT2D eigenvalue weighted by molar-refractivity contribution is 0.571. The van der Waals surface area contributed by atoms with Crippen molar-refractivity contribution in [2.45, 2.75) is 18.7 Å². The van der Waals surface area contributed by atoms with E-state index in [9.17, 15) is 8.42 Å². The Hall–Kier alpha value is -2.14. The fraction of sp³-hybridized carbons (Fsp3) is 0.143. The van der Waals surface area contributed by atoms with Gasteiger partial charge in [0.25, 0.3) is 0 Å². The number of rotatable bonds is 6. The lowest BCUT2D eigenvalue weighted by Crippen LogP contribution is -2.31. The molecular weight excluding hydrogens is 366 g/mol. The Morgan fingerprint density at radius 3 is 2.15 bits per heavy atom. The molecule has 0 heterocycles. The van der Waals surface area contributed by atoms with Crippen LogP contribution in [0.25, 0.3) is 0 Å². The van der Waals surface area contributed by atoms with Crippen molar-refractivity contribution in [1.29, 1.82) is 0 Å². The molecule has 0 saturated heterocycles. The molecule has 0 unspecified atom stereocenters. The summed E-state index contributed by atoms with van der Waals surface area (Å²) in [5.41, 5.74) is 3.58. The Labute approximate surface area is 159 Å². The van der Waals surface area contributed by atoms with E-state index >= 15 is 0 Å². The van der Waals surface area contributed by atoms with Gasteiger partial charge in [-0.3, -0.25) is 0 Å². The molecule has 5 heteroatoms.